The van der Waals surface area contributed by atoms with E-state index in [4.69, 9.17) is 4.74 Å². The largest absolute Gasteiger partial charge is 0.494 e. The highest BCUT2D eigenvalue weighted by atomic mass is 32.2. The first-order valence-corrected chi connectivity index (χ1v) is 7.43. The molecule has 1 aliphatic rings. The normalized spacial score (nSPS) is 19.4. The molecule has 2 rings (SSSR count). The van der Waals surface area contributed by atoms with Gasteiger partial charge in [-0.25, -0.2) is 8.42 Å². The molecule has 0 spiro atoms. The molecule has 1 aromatic rings. The maximum atomic E-state index is 11.7. The summed E-state index contributed by atoms with van der Waals surface area (Å²) in [6.07, 6.45) is 0.721. The fourth-order valence-electron chi connectivity index (χ4n) is 1.99. The third-order valence-electron chi connectivity index (χ3n) is 2.82. The molecule has 0 aliphatic carbocycles. The fraction of sp³-hybridized carbons (Fsp3) is 0.500. The van der Waals surface area contributed by atoms with Crippen molar-refractivity contribution in [2.45, 2.75) is 19.9 Å². The number of hydrogen-bond donors (Lipinski definition) is 0. The molecule has 5 heteroatoms. The molecule has 1 saturated heterocycles. The number of hydrogen-bond acceptors (Lipinski definition) is 3. The fourth-order valence-corrected chi connectivity index (χ4v) is 3.48. The minimum absolute atomic E-state index is 0.268. The highest BCUT2D eigenvalue weighted by Crippen LogP contribution is 2.23. The van der Waals surface area contributed by atoms with E-state index in [2.05, 4.69) is 0 Å². The van der Waals surface area contributed by atoms with Gasteiger partial charge in [-0.1, -0.05) is 18.2 Å². The van der Waals surface area contributed by atoms with E-state index in [9.17, 15) is 8.42 Å². The molecule has 0 saturated carbocycles. The van der Waals surface area contributed by atoms with E-state index in [1.165, 1.54) is 4.31 Å². The summed E-state index contributed by atoms with van der Waals surface area (Å²) in [5.41, 5.74) is 0.930. The van der Waals surface area contributed by atoms with Crippen LogP contribution in [-0.2, 0) is 16.6 Å². The highest BCUT2D eigenvalue weighted by molar-refractivity contribution is 7.89. The first-order chi connectivity index (χ1) is 8.13. The van der Waals surface area contributed by atoms with Crippen LogP contribution in [0.15, 0.2) is 24.3 Å². The summed E-state index contributed by atoms with van der Waals surface area (Å²) in [5, 5.41) is 0. The van der Waals surface area contributed by atoms with Crippen LogP contribution in [0.25, 0.3) is 0 Å². The molecule has 1 fully saturated rings. The highest BCUT2D eigenvalue weighted by Gasteiger charge is 2.28. The summed E-state index contributed by atoms with van der Waals surface area (Å²) in [6.45, 7) is 3.54. The molecule has 1 heterocycles. The molecule has 0 radical (unpaired) electrons. The van der Waals surface area contributed by atoms with Gasteiger partial charge in [0.25, 0.3) is 0 Å². The van der Waals surface area contributed by atoms with E-state index in [1.54, 1.807) is 0 Å². The second-order valence-electron chi connectivity index (χ2n) is 4.04. The second-order valence-corrected chi connectivity index (χ2v) is 6.13. The number of para-hydroxylation sites is 1. The smallest absolute Gasteiger partial charge is 0.214 e. The van der Waals surface area contributed by atoms with Crippen molar-refractivity contribution in [3.8, 4) is 5.75 Å². The Morgan fingerprint density at radius 3 is 2.76 bits per heavy atom. The number of sulfonamides is 1. The Morgan fingerprint density at radius 1 is 1.35 bits per heavy atom. The summed E-state index contributed by atoms with van der Waals surface area (Å²) < 4.78 is 30.5. The van der Waals surface area contributed by atoms with Crippen LogP contribution in [0.2, 0.25) is 0 Å². The summed E-state index contributed by atoms with van der Waals surface area (Å²) in [6, 6.07) is 7.59. The SMILES string of the molecule is CCOc1ccccc1CN1CCCS1(=O)=O. The third kappa shape index (κ3) is 2.79. The lowest BCUT2D eigenvalue weighted by molar-refractivity contribution is 0.330. The maximum Gasteiger partial charge on any atom is 0.214 e. The number of nitrogens with zero attached hydrogens (tertiary/aromatic N) is 1. The molecule has 0 atom stereocenters. The van der Waals surface area contributed by atoms with Gasteiger partial charge in [-0.15, -0.1) is 0 Å². The molecule has 1 aromatic carbocycles. The van der Waals surface area contributed by atoms with Crippen molar-refractivity contribution in [1.29, 1.82) is 0 Å². The summed E-state index contributed by atoms with van der Waals surface area (Å²) in [5.74, 6) is 1.04. The minimum atomic E-state index is -3.04. The first-order valence-electron chi connectivity index (χ1n) is 5.82. The zero-order chi connectivity index (χ0) is 12.3. The molecule has 17 heavy (non-hydrogen) atoms. The van der Waals surface area contributed by atoms with Crippen molar-refractivity contribution >= 4 is 10.0 Å². The van der Waals surface area contributed by atoms with Gasteiger partial charge in [0.15, 0.2) is 0 Å². The van der Waals surface area contributed by atoms with Gasteiger partial charge in [-0.3, -0.25) is 0 Å². The zero-order valence-electron chi connectivity index (χ0n) is 9.93. The van der Waals surface area contributed by atoms with Crippen molar-refractivity contribution in [1.82, 2.24) is 4.31 Å². The van der Waals surface area contributed by atoms with E-state index >= 15 is 0 Å². The van der Waals surface area contributed by atoms with Gasteiger partial charge in [0.2, 0.25) is 10.0 Å². The van der Waals surface area contributed by atoms with Crippen LogP contribution in [0.5, 0.6) is 5.75 Å². The monoisotopic (exact) mass is 255 g/mol. The summed E-state index contributed by atoms with van der Waals surface area (Å²) >= 11 is 0. The molecule has 0 N–H and O–H groups in total. The summed E-state index contributed by atoms with van der Waals surface area (Å²) in [4.78, 5) is 0. The van der Waals surface area contributed by atoms with Gasteiger partial charge in [0.05, 0.1) is 12.4 Å². The Bertz CT molecular complexity index is 484. The lowest BCUT2D eigenvalue weighted by Crippen LogP contribution is -2.25. The lowest BCUT2D eigenvalue weighted by Gasteiger charge is -2.16. The molecule has 0 bridgehead atoms. The number of rotatable bonds is 4. The van der Waals surface area contributed by atoms with Gasteiger partial charge in [-0.05, 0) is 19.4 Å². The molecule has 94 valence electrons. The zero-order valence-corrected chi connectivity index (χ0v) is 10.7. The van der Waals surface area contributed by atoms with Crippen LogP contribution in [-0.4, -0.2) is 31.6 Å². The minimum Gasteiger partial charge on any atom is -0.494 e. The van der Waals surface area contributed by atoms with Crippen molar-refractivity contribution in [3.63, 3.8) is 0 Å². The van der Waals surface area contributed by atoms with Crippen molar-refractivity contribution < 1.29 is 13.2 Å². The van der Waals surface area contributed by atoms with Gasteiger partial charge >= 0.3 is 0 Å². The average Bonchev–Trinajstić information content (AvgIpc) is 2.61. The van der Waals surface area contributed by atoms with Gasteiger partial charge < -0.3 is 4.74 Å². The number of ether oxygens (including phenoxy) is 1. The van der Waals surface area contributed by atoms with Crippen LogP contribution >= 0.6 is 0 Å². The quantitative estimate of drug-likeness (QED) is 0.821. The van der Waals surface area contributed by atoms with Crippen molar-refractivity contribution in [3.05, 3.63) is 29.8 Å². The van der Waals surface area contributed by atoms with E-state index in [-0.39, 0.29) is 5.75 Å². The molecule has 0 aromatic heterocycles. The maximum absolute atomic E-state index is 11.7. The first kappa shape index (κ1) is 12.4. The van der Waals surface area contributed by atoms with Gasteiger partial charge in [0.1, 0.15) is 5.75 Å². The van der Waals surface area contributed by atoms with E-state index in [0.29, 0.717) is 19.7 Å². The third-order valence-corrected chi connectivity index (χ3v) is 4.73. The van der Waals surface area contributed by atoms with Crippen molar-refractivity contribution in [2.75, 3.05) is 18.9 Å². The van der Waals surface area contributed by atoms with Crippen LogP contribution in [0.1, 0.15) is 18.9 Å². The molecule has 0 amide bonds. The Labute approximate surface area is 102 Å². The molecule has 1 aliphatic heterocycles. The van der Waals surface area contributed by atoms with E-state index in [0.717, 1.165) is 17.7 Å². The molecule has 0 unspecified atom stereocenters. The standard InChI is InChI=1S/C12H17NO3S/c1-2-16-12-7-4-3-6-11(12)10-13-8-5-9-17(13,14)15/h3-4,6-7H,2,5,8-10H2,1H3. The lowest BCUT2D eigenvalue weighted by atomic mass is 10.2. The Hall–Kier alpha value is -1.07. The van der Waals surface area contributed by atoms with Gasteiger partial charge in [0, 0.05) is 18.7 Å². The molecular formula is C12H17NO3S. The van der Waals surface area contributed by atoms with Crippen LogP contribution in [0.3, 0.4) is 0 Å². The summed E-state index contributed by atoms with van der Waals surface area (Å²) in [7, 11) is -3.04. The Balaban J connectivity index is 2.18. The number of benzene rings is 1. The van der Waals surface area contributed by atoms with Crippen LogP contribution < -0.4 is 4.74 Å². The van der Waals surface area contributed by atoms with Crippen LogP contribution in [0.4, 0.5) is 0 Å². The predicted octanol–water partition coefficient (Wildman–Crippen LogP) is 1.62. The Morgan fingerprint density at radius 2 is 2.12 bits per heavy atom. The van der Waals surface area contributed by atoms with E-state index in [1.807, 2.05) is 31.2 Å². The van der Waals surface area contributed by atoms with E-state index < -0.39 is 10.0 Å². The average molecular weight is 255 g/mol. The molecule has 4 nitrogen and oxygen atoms in total. The van der Waals surface area contributed by atoms with Gasteiger partial charge in [-0.2, -0.15) is 4.31 Å². The predicted molar refractivity (Wildman–Crippen MR) is 66.4 cm³/mol. The molecular weight excluding hydrogens is 238 g/mol. The van der Waals surface area contributed by atoms with Crippen molar-refractivity contribution in [2.24, 2.45) is 0 Å². The Kier molecular flexibility index (Phi) is 3.69. The second kappa shape index (κ2) is 5.06. The topological polar surface area (TPSA) is 46.6 Å². The van der Waals surface area contributed by atoms with Crippen LogP contribution in [0, 0.1) is 0 Å².